The largest absolute Gasteiger partial charge is 0.423 e. The number of nitrogens with one attached hydrogen (secondary N) is 2. The summed E-state index contributed by atoms with van der Waals surface area (Å²) in [5.74, 6) is 0.927. The SMILES string of the molecule is O=C(NCC1CNC1)C1CCN(c2nc3ccccc3o2)CC1. The molecular formula is C17H22N4O2. The number of piperidine rings is 1. The number of rotatable bonds is 4. The highest BCUT2D eigenvalue weighted by Gasteiger charge is 2.28. The lowest BCUT2D eigenvalue weighted by Crippen LogP contribution is -2.49. The van der Waals surface area contributed by atoms with Gasteiger partial charge >= 0.3 is 0 Å². The van der Waals surface area contributed by atoms with Crippen LogP contribution in [0.1, 0.15) is 12.8 Å². The number of carbonyl (C=O) groups is 1. The molecule has 3 heterocycles. The van der Waals surface area contributed by atoms with Crippen molar-refractivity contribution in [2.45, 2.75) is 12.8 Å². The number of carbonyl (C=O) groups excluding carboxylic acids is 1. The molecule has 0 radical (unpaired) electrons. The van der Waals surface area contributed by atoms with Crippen molar-refractivity contribution in [3.8, 4) is 0 Å². The highest BCUT2D eigenvalue weighted by molar-refractivity contribution is 5.79. The number of aromatic nitrogens is 1. The summed E-state index contributed by atoms with van der Waals surface area (Å²) in [5.41, 5.74) is 1.70. The number of fused-ring (bicyclic) bond motifs is 1. The van der Waals surface area contributed by atoms with E-state index in [9.17, 15) is 4.79 Å². The third-order valence-corrected chi connectivity index (χ3v) is 4.85. The Balaban J connectivity index is 1.32. The molecule has 1 aromatic carbocycles. The van der Waals surface area contributed by atoms with Crippen LogP contribution in [-0.4, -0.2) is 43.6 Å². The summed E-state index contributed by atoms with van der Waals surface area (Å²) in [7, 11) is 0. The zero-order chi connectivity index (χ0) is 15.6. The summed E-state index contributed by atoms with van der Waals surface area (Å²) < 4.78 is 5.81. The molecule has 1 amide bonds. The molecule has 1 aromatic heterocycles. The van der Waals surface area contributed by atoms with E-state index < -0.39 is 0 Å². The van der Waals surface area contributed by atoms with E-state index in [4.69, 9.17) is 4.42 Å². The molecule has 2 aliphatic rings. The summed E-state index contributed by atoms with van der Waals surface area (Å²) in [6.45, 7) is 4.48. The van der Waals surface area contributed by atoms with Gasteiger partial charge in [0.05, 0.1) is 0 Å². The van der Waals surface area contributed by atoms with Crippen molar-refractivity contribution in [3.63, 3.8) is 0 Å². The predicted octanol–water partition coefficient (Wildman–Crippen LogP) is 1.38. The van der Waals surface area contributed by atoms with Crippen LogP contribution in [0.15, 0.2) is 28.7 Å². The van der Waals surface area contributed by atoms with Crippen molar-refractivity contribution in [3.05, 3.63) is 24.3 Å². The maximum Gasteiger partial charge on any atom is 0.298 e. The van der Waals surface area contributed by atoms with Gasteiger partial charge < -0.3 is 20.0 Å². The number of oxazole rings is 1. The Morgan fingerprint density at radius 1 is 1.30 bits per heavy atom. The second-order valence-corrected chi connectivity index (χ2v) is 6.49. The fourth-order valence-corrected chi connectivity index (χ4v) is 3.21. The average Bonchev–Trinajstić information content (AvgIpc) is 2.97. The molecule has 6 heteroatoms. The van der Waals surface area contributed by atoms with Crippen molar-refractivity contribution in [2.24, 2.45) is 11.8 Å². The number of anilines is 1. The Morgan fingerprint density at radius 3 is 2.78 bits per heavy atom. The lowest BCUT2D eigenvalue weighted by molar-refractivity contribution is -0.125. The maximum atomic E-state index is 12.2. The number of benzene rings is 1. The monoisotopic (exact) mass is 314 g/mol. The summed E-state index contributed by atoms with van der Waals surface area (Å²) in [5, 5.41) is 6.32. The smallest absolute Gasteiger partial charge is 0.298 e. The normalized spacial score (nSPS) is 19.7. The fraction of sp³-hybridized carbons (Fsp3) is 0.529. The van der Waals surface area contributed by atoms with Gasteiger partial charge in [0, 0.05) is 44.6 Å². The predicted molar refractivity (Wildman–Crippen MR) is 88.3 cm³/mol. The maximum absolute atomic E-state index is 12.2. The van der Waals surface area contributed by atoms with E-state index in [1.54, 1.807) is 0 Å². The first-order valence-corrected chi connectivity index (χ1v) is 8.38. The number of nitrogens with zero attached hydrogens (tertiary/aromatic N) is 2. The summed E-state index contributed by atoms with van der Waals surface area (Å²) in [6.07, 6.45) is 1.71. The van der Waals surface area contributed by atoms with Crippen molar-refractivity contribution in [1.82, 2.24) is 15.6 Å². The first-order valence-electron chi connectivity index (χ1n) is 8.38. The van der Waals surface area contributed by atoms with E-state index in [2.05, 4.69) is 20.5 Å². The highest BCUT2D eigenvalue weighted by Crippen LogP contribution is 2.26. The molecule has 6 nitrogen and oxygen atoms in total. The summed E-state index contributed by atoms with van der Waals surface area (Å²) in [4.78, 5) is 18.9. The zero-order valence-corrected chi connectivity index (χ0v) is 13.1. The van der Waals surface area contributed by atoms with Crippen LogP contribution in [0.5, 0.6) is 0 Å². The quantitative estimate of drug-likeness (QED) is 0.892. The van der Waals surface area contributed by atoms with Crippen LogP contribution in [0.3, 0.4) is 0 Å². The van der Waals surface area contributed by atoms with E-state index in [-0.39, 0.29) is 11.8 Å². The second kappa shape index (κ2) is 6.20. The van der Waals surface area contributed by atoms with Crippen LogP contribution in [0.2, 0.25) is 0 Å². The molecular weight excluding hydrogens is 292 g/mol. The van der Waals surface area contributed by atoms with Gasteiger partial charge in [-0.3, -0.25) is 4.79 Å². The van der Waals surface area contributed by atoms with Crippen molar-refractivity contribution in [2.75, 3.05) is 37.6 Å². The molecule has 23 heavy (non-hydrogen) atoms. The Hall–Kier alpha value is -2.08. The van der Waals surface area contributed by atoms with Gasteiger partial charge in [-0.1, -0.05) is 12.1 Å². The summed E-state index contributed by atoms with van der Waals surface area (Å²) >= 11 is 0. The van der Waals surface area contributed by atoms with Crippen LogP contribution in [-0.2, 0) is 4.79 Å². The van der Waals surface area contributed by atoms with Crippen molar-refractivity contribution in [1.29, 1.82) is 0 Å². The number of hydrogen-bond acceptors (Lipinski definition) is 5. The molecule has 2 aromatic rings. The van der Waals surface area contributed by atoms with E-state index in [0.29, 0.717) is 11.9 Å². The van der Waals surface area contributed by atoms with Gasteiger partial charge in [-0.15, -0.1) is 0 Å². The lowest BCUT2D eigenvalue weighted by atomic mass is 9.95. The van der Waals surface area contributed by atoms with E-state index in [1.165, 1.54) is 0 Å². The van der Waals surface area contributed by atoms with Gasteiger partial charge in [0.15, 0.2) is 5.58 Å². The minimum Gasteiger partial charge on any atom is -0.423 e. The number of amides is 1. The Labute approximate surface area is 135 Å². The lowest BCUT2D eigenvalue weighted by Gasteiger charge is -2.31. The van der Waals surface area contributed by atoms with Gasteiger partial charge in [-0.2, -0.15) is 4.98 Å². The highest BCUT2D eigenvalue weighted by atomic mass is 16.4. The molecule has 4 rings (SSSR count). The van der Waals surface area contributed by atoms with Gasteiger partial charge in [0.2, 0.25) is 5.91 Å². The third kappa shape index (κ3) is 3.03. The molecule has 0 spiro atoms. The van der Waals surface area contributed by atoms with Crippen molar-refractivity contribution >= 4 is 23.0 Å². The van der Waals surface area contributed by atoms with E-state index in [0.717, 1.165) is 56.7 Å². The molecule has 2 N–H and O–H groups in total. The van der Waals surface area contributed by atoms with Crippen LogP contribution >= 0.6 is 0 Å². The van der Waals surface area contributed by atoms with E-state index >= 15 is 0 Å². The van der Waals surface area contributed by atoms with E-state index in [1.807, 2.05) is 24.3 Å². The third-order valence-electron chi connectivity index (χ3n) is 4.85. The number of hydrogen-bond donors (Lipinski definition) is 2. The Kier molecular flexibility index (Phi) is 3.91. The molecule has 2 saturated heterocycles. The molecule has 0 saturated carbocycles. The standard InChI is InChI=1S/C17H22N4O2/c22-16(19-11-12-9-18-10-12)13-5-7-21(8-6-13)17-20-14-3-1-2-4-15(14)23-17/h1-4,12-13,18H,5-11H2,(H,19,22). The average molecular weight is 314 g/mol. The van der Waals surface area contributed by atoms with Crippen LogP contribution < -0.4 is 15.5 Å². The first-order chi connectivity index (χ1) is 11.3. The molecule has 2 aliphatic heterocycles. The minimum atomic E-state index is 0.115. The molecule has 0 unspecified atom stereocenters. The van der Waals surface area contributed by atoms with Crippen molar-refractivity contribution < 1.29 is 9.21 Å². The van der Waals surface area contributed by atoms with Gasteiger partial charge in [0.1, 0.15) is 5.52 Å². The first kappa shape index (κ1) is 14.5. The molecule has 2 fully saturated rings. The fourth-order valence-electron chi connectivity index (χ4n) is 3.21. The summed E-state index contributed by atoms with van der Waals surface area (Å²) in [6, 6.07) is 8.47. The van der Waals surface area contributed by atoms with Crippen LogP contribution in [0.4, 0.5) is 6.01 Å². The minimum absolute atomic E-state index is 0.115. The van der Waals surface area contributed by atoms with Gasteiger partial charge in [-0.25, -0.2) is 0 Å². The van der Waals surface area contributed by atoms with Gasteiger partial charge in [0.25, 0.3) is 6.01 Å². The van der Waals surface area contributed by atoms with Gasteiger partial charge in [-0.05, 0) is 25.0 Å². The number of para-hydroxylation sites is 2. The second-order valence-electron chi connectivity index (χ2n) is 6.49. The van der Waals surface area contributed by atoms with Crippen LogP contribution in [0.25, 0.3) is 11.1 Å². The molecule has 0 bridgehead atoms. The molecule has 0 aliphatic carbocycles. The topological polar surface area (TPSA) is 70.4 Å². The molecule has 0 atom stereocenters. The zero-order valence-electron chi connectivity index (χ0n) is 13.1. The Bertz CT molecular complexity index is 654. The van der Waals surface area contributed by atoms with Crippen LogP contribution in [0, 0.1) is 11.8 Å². The Morgan fingerprint density at radius 2 is 2.09 bits per heavy atom. The molecule has 122 valence electrons.